The Morgan fingerprint density at radius 3 is 1.75 bits per heavy atom. The molecule has 0 fully saturated rings. The summed E-state index contributed by atoms with van der Waals surface area (Å²) in [5.41, 5.74) is 14.4. The average Bonchev–Trinajstić information content (AvgIpc) is 3.72. The first-order chi connectivity index (χ1) is 30.3. The highest BCUT2D eigenvalue weighted by Crippen LogP contribution is 2.40. The minimum atomic E-state index is -2.40. The van der Waals surface area contributed by atoms with Crippen LogP contribution in [0.2, 0.25) is 0 Å². The maximum atomic E-state index is 11.3. The van der Waals surface area contributed by atoms with E-state index in [1.54, 1.807) is 18.2 Å². The third-order valence-electron chi connectivity index (χ3n) is 10.9. The van der Waals surface area contributed by atoms with Gasteiger partial charge in [0.05, 0.1) is 22.3 Å². The van der Waals surface area contributed by atoms with Gasteiger partial charge in [0.15, 0.2) is 0 Å². The number of hydrogen-bond acceptors (Lipinski definition) is 3. The summed E-state index contributed by atoms with van der Waals surface area (Å²) < 4.78 is 27.7. The Bertz CT molecular complexity index is 3220. The topological polar surface area (TPSA) is 50.9 Å². The average molecular weight is 761 g/mol. The highest BCUT2D eigenvalue weighted by atomic mass is 16.3. The number of hydrogen-bond donors (Lipinski definition) is 1. The fourth-order valence-corrected chi connectivity index (χ4v) is 7.96. The lowest BCUT2D eigenvalue weighted by Gasteiger charge is -2.14. The van der Waals surface area contributed by atoms with Crippen LogP contribution < -0.4 is 0 Å². The van der Waals surface area contributed by atoms with Gasteiger partial charge in [-0.3, -0.25) is 9.55 Å². The summed E-state index contributed by atoms with van der Waals surface area (Å²) in [6.07, 6.45) is 1.86. The number of aromatic nitrogens is 3. The van der Waals surface area contributed by atoms with Crippen LogP contribution in [0.5, 0.6) is 5.75 Å². The van der Waals surface area contributed by atoms with Crippen LogP contribution in [-0.4, -0.2) is 19.6 Å². The van der Waals surface area contributed by atoms with E-state index < -0.39 is 6.85 Å². The number of para-hydroxylation sites is 2. The molecule has 10 rings (SSSR count). The molecule has 10 aromatic rings. The molecule has 0 aliphatic carbocycles. The zero-order chi connectivity index (χ0) is 42.2. The molecule has 0 aliphatic rings. The van der Waals surface area contributed by atoms with Gasteiger partial charge in [-0.25, -0.2) is 4.98 Å². The zero-order valence-corrected chi connectivity index (χ0v) is 32.0. The van der Waals surface area contributed by atoms with Crippen molar-refractivity contribution in [2.75, 3.05) is 0 Å². The van der Waals surface area contributed by atoms with Crippen LogP contribution in [0.4, 0.5) is 0 Å². The molecule has 2 aromatic heterocycles. The van der Waals surface area contributed by atoms with E-state index in [9.17, 15) is 5.11 Å². The highest BCUT2D eigenvalue weighted by molar-refractivity contribution is 5.97. The first kappa shape index (κ1) is 32.3. The predicted molar refractivity (Wildman–Crippen MR) is 243 cm³/mol. The van der Waals surface area contributed by atoms with E-state index in [-0.39, 0.29) is 11.3 Å². The fourth-order valence-electron chi connectivity index (χ4n) is 7.96. The van der Waals surface area contributed by atoms with Gasteiger partial charge in [0.1, 0.15) is 11.6 Å². The van der Waals surface area contributed by atoms with Gasteiger partial charge in [-0.2, -0.15) is 0 Å². The molecular weight excluding hydrogens is 719 g/mol. The molecule has 0 atom stereocenters. The molecule has 0 saturated heterocycles. The van der Waals surface area contributed by atoms with E-state index in [4.69, 9.17) is 14.1 Å². The number of nitrogens with zero attached hydrogens (tertiary/aromatic N) is 3. The Hall–Kier alpha value is -7.82. The summed E-state index contributed by atoms with van der Waals surface area (Å²) in [7, 11) is 0. The van der Waals surface area contributed by atoms with Gasteiger partial charge in [-0.05, 0) is 123 Å². The van der Waals surface area contributed by atoms with E-state index >= 15 is 0 Å². The highest BCUT2D eigenvalue weighted by Gasteiger charge is 2.21. The Morgan fingerprint density at radius 1 is 0.441 bits per heavy atom. The molecule has 0 saturated carbocycles. The summed E-state index contributed by atoms with van der Waals surface area (Å²) in [6, 6.07) is 68.3. The molecule has 0 bridgehead atoms. The quantitative estimate of drug-likeness (QED) is 0.168. The van der Waals surface area contributed by atoms with Crippen molar-refractivity contribution in [3.8, 4) is 89.7 Å². The summed E-state index contributed by atoms with van der Waals surface area (Å²) >= 11 is 0. The van der Waals surface area contributed by atoms with Crippen molar-refractivity contribution in [1.29, 1.82) is 0 Å². The smallest absolute Gasteiger partial charge is 0.149 e. The van der Waals surface area contributed by atoms with Crippen LogP contribution in [-0.2, 0) is 0 Å². The zero-order valence-electron chi connectivity index (χ0n) is 35.0. The molecule has 1 N–H and O–H groups in total. The lowest BCUT2D eigenvalue weighted by atomic mass is 9.93. The normalized spacial score (nSPS) is 12.2. The van der Waals surface area contributed by atoms with Crippen LogP contribution >= 0.6 is 0 Å². The fraction of sp³-hybridized carbons (Fsp3) is 0.0182. The predicted octanol–water partition coefficient (Wildman–Crippen LogP) is 14.1. The van der Waals surface area contributed by atoms with Gasteiger partial charge in [-0.1, -0.05) is 146 Å². The number of aryl methyl sites for hydroxylation is 1. The maximum absolute atomic E-state index is 11.3. The number of phenolic OH excluding ortho intramolecular Hbond substituents is 1. The van der Waals surface area contributed by atoms with E-state index in [1.165, 1.54) is 5.56 Å². The Kier molecular flexibility index (Phi) is 8.35. The van der Waals surface area contributed by atoms with Crippen molar-refractivity contribution in [2.45, 2.75) is 6.85 Å². The molecule has 0 radical (unpaired) electrons. The van der Waals surface area contributed by atoms with Gasteiger partial charge in [0.2, 0.25) is 0 Å². The first-order valence-electron chi connectivity index (χ1n) is 21.1. The van der Waals surface area contributed by atoms with Crippen LogP contribution in [0, 0.1) is 6.85 Å². The lowest BCUT2D eigenvalue weighted by molar-refractivity contribution is 0.477. The molecule has 8 aromatic carbocycles. The molecule has 280 valence electrons. The van der Waals surface area contributed by atoms with Gasteiger partial charge in [0.25, 0.3) is 0 Å². The summed E-state index contributed by atoms with van der Waals surface area (Å²) in [5.74, 6) is 0.554. The Labute approximate surface area is 348 Å². The third-order valence-corrected chi connectivity index (χ3v) is 10.9. The summed E-state index contributed by atoms with van der Waals surface area (Å²) in [6.45, 7) is -2.40. The molecule has 4 nitrogen and oxygen atoms in total. The van der Waals surface area contributed by atoms with Crippen molar-refractivity contribution >= 4 is 11.0 Å². The van der Waals surface area contributed by atoms with Gasteiger partial charge < -0.3 is 5.11 Å². The number of rotatable bonds is 8. The summed E-state index contributed by atoms with van der Waals surface area (Å²) in [5, 5.41) is 11.3. The number of imidazole rings is 1. The van der Waals surface area contributed by atoms with E-state index in [2.05, 4.69) is 91.0 Å². The minimum Gasteiger partial charge on any atom is -0.507 e. The molecular formula is C55H39N3O. The standard InChI is InChI=1S/C55H39N3O/c1-37-32-47(28-29-48(37)42-18-9-4-10-19-42)58-52-22-13-21-49(54(52)57-55(58)50-20-11-12-23-53(50)59)45-33-44(39-16-7-3-8-17-39)34-46(35-45)51-36-43(30-31-56-51)41-26-24-40(25-27-41)38-14-5-2-6-15-38/h2-36,59H,1H3/i1D3. The Balaban J connectivity index is 1.15. The van der Waals surface area contributed by atoms with E-state index in [1.807, 2.05) is 108 Å². The number of benzene rings is 8. The van der Waals surface area contributed by atoms with Crippen molar-refractivity contribution in [2.24, 2.45) is 0 Å². The third kappa shape index (κ3) is 6.87. The minimum absolute atomic E-state index is 0.0663. The molecule has 4 heteroatoms. The van der Waals surface area contributed by atoms with Gasteiger partial charge in [-0.15, -0.1) is 0 Å². The molecule has 0 amide bonds. The number of aromatic hydroxyl groups is 1. The number of phenols is 1. The van der Waals surface area contributed by atoms with Crippen LogP contribution in [0.25, 0.3) is 95.0 Å². The van der Waals surface area contributed by atoms with Gasteiger partial charge in [0, 0.05) is 27.1 Å². The van der Waals surface area contributed by atoms with Crippen molar-refractivity contribution in [3.63, 3.8) is 0 Å². The first-order valence-corrected chi connectivity index (χ1v) is 19.6. The summed E-state index contributed by atoms with van der Waals surface area (Å²) in [4.78, 5) is 10.2. The second-order valence-electron chi connectivity index (χ2n) is 14.6. The lowest BCUT2D eigenvalue weighted by Crippen LogP contribution is -1.99. The molecule has 0 aliphatic heterocycles. The Morgan fingerprint density at radius 2 is 1.03 bits per heavy atom. The van der Waals surface area contributed by atoms with Crippen molar-refractivity contribution < 1.29 is 9.22 Å². The second kappa shape index (κ2) is 15.3. The maximum Gasteiger partial charge on any atom is 0.149 e. The SMILES string of the molecule is [2H]C([2H])([2H])c1cc(-n2c(-c3ccccc3O)nc3c(-c4cc(-c5ccccc5)cc(-c5cc(-c6ccc(-c7ccccc7)cc6)ccn5)c4)cccc32)ccc1-c1ccccc1. The molecule has 2 heterocycles. The van der Waals surface area contributed by atoms with Crippen molar-refractivity contribution in [1.82, 2.24) is 14.5 Å². The molecule has 59 heavy (non-hydrogen) atoms. The van der Waals surface area contributed by atoms with E-state index in [0.717, 1.165) is 61.3 Å². The van der Waals surface area contributed by atoms with Crippen LogP contribution in [0.3, 0.4) is 0 Å². The number of fused-ring (bicyclic) bond motifs is 1. The van der Waals surface area contributed by atoms with Gasteiger partial charge >= 0.3 is 0 Å². The second-order valence-corrected chi connectivity index (χ2v) is 14.6. The monoisotopic (exact) mass is 760 g/mol. The van der Waals surface area contributed by atoms with Crippen LogP contribution in [0.15, 0.2) is 212 Å². The largest absolute Gasteiger partial charge is 0.507 e. The van der Waals surface area contributed by atoms with Crippen molar-refractivity contribution in [3.05, 3.63) is 218 Å². The van der Waals surface area contributed by atoms with Crippen LogP contribution in [0.1, 0.15) is 9.68 Å². The number of pyridine rings is 1. The van der Waals surface area contributed by atoms with E-state index in [0.29, 0.717) is 28.2 Å². The molecule has 0 unspecified atom stereocenters. The molecule has 0 spiro atoms.